The number of rotatable bonds is 12. The van der Waals surface area contributed by atoms with Crippen molar-refractivity contribution < 1.29 is 19.1 Å². The molecule has 0 aliphatic carbocycles. The Kier molecular flexibility index (Phi) is 9.36. The van der Waals surface area contributed by atoms with Gasteiger partial charge in [-0.25, -0.2) is 9.97 Å². The van der Waals surface area contributed by atoms with E-state index in [0.717, 1.165) is 28.8 Å². The molecule has 1 heterocycles. The molecule has 0 fully saturated rings. The summed E-state index contributed by atoms with van der Waals surface area (Å²) in [6, 6.07) is 24.3. The van der Waals surface area contributed by atoms with Crippen molar-refractivity contribution in [2.75, 3.05) is 30.9 Å². The lowest BCUT2D eigenvalue weighted by molar-refractivity contribution is -0.111. The van der Waals surface area contributed by atoms with Crippen LogP contribution >= 0.6 is 0 Å². The van der Waals surface area contributed by atoms with Crippen molar-refractivity contribution in [3.8, 4) is 11.5 Å². The fraction of sp³-hybridized carbons (Fsp3) is 0.133. The van der Waals surface area contributed by atoms with Gasteiger partial charge in [-0.3, -0.25) is 9.59 Å². The molecule has 9 heteroatoms. The minimum atomic E-state index is -0.387. The number of hydrogen-bond donors (Lipinski definition) is 3. The Labute approximate surface area is 226 Å². The molecule has 0 aliphatic rings. The van der Waals surface area contributed by atoms with Crippen LogP contribution in [0.3, 0.4) is 0 Å². The molecule has 4 aromatic rings. The topological polar surface area (TPSA) is 114 Å². The van der Waals surface area contributed by atoms with Crippen LogP contribution in [0.2, 0.25) is 0 Å². The number of anilines is 3. The highest BCUT2D eigenvalue weighted by atomic mass is 16.5. The van der Waals surface area contributed by atoms with Crippen LogP contribution in [0, 0.1) is 0 Å². The molecule has 0 saturated carbocycles. The summed E-state index contributed by atoms with van der Waals surface area (Å²) in [7, 11) is 1.56. The predicted molar refractivity (Wildman–Crippen MR) is 151 cm³/mol. The predicted octanol–water partition coefficient (Wildman–Crippen LogP) is 5.10. The molecule has 0 spiro atoms. The third-order valence-corrected chi connectivity index (χ3v) is 5.52. The minimum Gasteiger partial charge on any atom is -0.457 e. The Morgan fingerprint density at radius 1 is 0.923 bits per heavy atom. The van der Waals surface area contributed by atoms with E-state index in [-0.39, 0.29) is 11.8 Å². The molecule has 4 rings (SSSR count). The van der Waals surface area contributed by atoms with Crippen LogP contribution in [0.5, 0.6) is 11.5 Å². The molecule has 0 radical (unpaired) electrons. The van der Waals surface area contributed by atoms with Gasteiger partial charge in [0.1, 0.15) is 23.6 Å². The molecule has 0 atom stereocenters. The number of benzene rings is 3. The average Bonchev–Trinajstić information content (AvgIpc) is 2.95. The second-order valence-electron chi connectivity index (χ2n) is 8.50. The van der Waals surface area contributed by atoms with Gasteiger partial charge >= 0.3 is 0 Å². The first kappa shape index (κ1) is 27.0. The number of nitrogens with zero attached hydrogens (tertiary/aromatic N) is 2. The van der Waals surface area contributed by atoms with E-state index in [4.69, 9.17) is 9.47 Å². The maximum absolute atomic E-state index is 12.7. The van der Waals surface area contributed by atoms with Crippen LogP contribution < -0.4 is 20.7 Å². The van der Waals surface area contributed by atoms with Gasteiger partial charge in [0.25, 0.3) is 5.91 Å². The maximum atomic E-state index is 12.7. The Morgan fingerprint density at radius 2 is 1.67 bits per heavy atom. The number of nitrogens with one attached hydrogen (secondary N) is 3. The number of para-hydroxylation sites is 1. The maximum Gasteiger partial charge on any atom is 0.251 e. The van der Waals surface area contributed by atoms with E-state index >= 15 is 0 Å². The van der Waals surface area contributed by atoms with E-state index in [1.165, 1.54) is 6.33 Å². The van der Waals surface area contributed by atoms with Gasteiger partial charge in [0.2, 0.25) is 5.91 Å². The number of carbonyl (C=O) groups is 2. The third kappa shape index (κ3) is 8.24. The van der Waals surface area contributed by atoms with Crippen LogP contribution in [0.1, 0.15) is 21.6 Å². The highest BCUT2D eigenvalue weighted by molar-refractivity contribution is 6.01. The zero-order chi connectivity index (χ0) is 27.5. The standard InChI is InChI=1S/C30H29N5O4/c1-3-29(36)35-25-17-22(30(37)31-13-14-38-2)16-24(18-25)34-28-19-23(32-20-33-28)15-21-9-11-27(12-10-21)39-26-7-5-4-6-8-26/h3-12,16-20H,1,13-15H2,2H3,(H,31,37)(H,35,36)(H,32,33,34). The van der Waals surface area contributed by atoms with E-state index in [1.54, 1.807) is 25.3 Å². The van der Waals surface area contributed by atoms with Gasteiger partial charge in [-0.05, 0) is 54.1 Å². The molecule has 1 aromatic heterocycles. The molecule has 0 saturated heterocycles. The first-order valence-corrected chi connectivity index (χ1v) is 12.3. The number of aromatic nitrogens is 2. The lowest BCUT2D eigenvalue weighted by atomic mass is 10.1. The summed E-state index contributed by atoms with van der Waals surface area (Å²) in [5.41, 5.74) is 3.24. The summed E-state index contributed by atoms with van der Waals surface area (Å²) in [6.07, 6.45) is 3.23. The lowest BCUT2D eigenvalue weighted by Gasteiger charge is -2.13. The van der Waals surface area contributed by atoms with Crippen LogP contribution in [-0.4, -0.2) is 42.0 Å². The molecular weight excluding hydrogens is 494 g/mol. The molecule has 3 aromatic carbocycles. The largest absolute Gasteiger partial charge is 0.457 e. The summed E-state index contributed by atoms with van der Waals surface area (Å²) >= 11 is 0. The summed E-state index contributed by atoms with van der Waals surface area (Å²) in [4.78, 5) is 33.2. The quantitative estimate of drug-likeness (QED) is 0.175. The summed E-state index contributed by atoms with van der Waals surface area (Å²) in [6.45, 7) is 4.22. The second kappa shape index (κ2) is 13.5. The van der Waals surface area contributed by atoms with E-state index in [0.29, 0.717) is 42.3 Å². The van der Waals surface area contributed by atoms with Gasteiger partial charge in [-0.2, -0.15) is 0 Å². The molecule has 9 nitrogen and oxygen atoms in total. The Hall–Kier alpha value is -5.02. The summed E-state index contributed by atoms with van der Waals surface area (Å²) < 4.78 is 10.9. The number of methoxy groups -OCH3 is 1. The van der Waals surface area contributed by atoms with Crippen LogP contribution in [0.4, 0.5) is 17.2 Å². The van der Waals surface area contributed by atoms with Crippen LogP contribution in [-0.2, 0) is 16.0 Å². The van der Waals surface area contributed by atoms with Crippen LogP contribution in [0.15, 0.2) is 97.8 Å². The van der Waals surface area contributed by atoms with Crippen molar-refractivity contribution in [2.24, 2.45) is 0 Å². The number of ether oxygens (including phenoxy) is 2. The average molecular weight is 524 g/mol. The highest BCUT2D eigenvalue weighted by Gasteiger charge is 2.11. The summed E-state index contributed by atoms with van der Waals surface area (Å²) in [5, 5.41) is 8.69. The molecule has 0 bridgehead atoms. The highest BCUT2D eigenvalue weighted by Crippen LogP contribution is 2.24. The van der Waals surface area contributed by atoms with E-state index in [9.17, 15) is 9.59 Å². The molecule has 0 unspecified atom stereocenters. The van der Waals surface area contributed by atoms with Crippen molar-refractivity contribution in [2.45, 2.75) is 6.42 Å². The zero-order valence-electron chi connectivity index (χ0n) is 21.5. The van der Waals surface area contributed by atoms with E-state index < -0.39 is 0 Å². The molecular formula is C30H29N5O4. The molecule has 2 amide bonds. The van der Waals surface area contributed by atoms with Gasteiger partial charge in [0.15, 0.2) is 0 Å². The van der Waals surface area contributed by atoms with Crippen molar-refractivity contribution >= 4 is 29.0 Å². The Bertz CT molecular complexity index is 1430. The van der Waals surface area contributed by atoms with E-state index in [2.05, 4.69) is 32.5 Å². The number of hydrogen-bond acceptors (Lipinski definition) is 7. The normalized spacial score (nSPS) is 10.4. The van der Waals surface area contributed by atoms with Gasteiger partial charge < -0.3 is 25.4 Å². The number of carbonyl (C=O) groups excluding carboxylic acids is 2. The van der Waals surface area contributed by atoms with Crippen molar-refractivity contribution in [1.82, 2.24) is 15.3 Å². The molecule has 39 heavy (non-hydrogen) atoms. The second-order valence-corrected chi connectivity index (χ2v) is 8.50. The van der Waals surface area contributed by atoms with Gasteiger partial charge in [-0.15, -0.1) is 0 Å². The summed E-state index contributed by atoms with van der Waals surface area (Å²) in [5.74, 6) is 1.39. The Balaban J connectivity index is 1.47. The number of amides is 2. The zero-order valence-corrected chi connectivity index (χ0v) is 21.5. The van der Waals surface area contributed by atoms with Crippen molar-refractivity contribution in [3.05, 3.63) is 115 Å². The SMILES string of the molecule is C=CC(=O)Nc1cc(Nc2cc(Cc3ccc(Oc4ccccc4)cc3)ncn2)cc(C(=O)NCCOC)c1. The van der Waals surface area contributed by atoms with Crippen LogP contribution in [0.25, 0.3) is 0 Å². The van der Waals surface area contributed by atoms with Gasteiger partial charge in [0, 0.05) is 43.1 Å². The third-order valence-electron chi connectivity index (χ3n) is 5.52. The van der Waals surface area contributed by atoms with Gasteiger partial charge in [0.05, 0.1) is 12.3 Å². The van der Waals surface area contributed by atoms with Gasteiger partial charge in [-0.1, -0.05) is 36.9 Å². The molecule has 0 aliphatic heterocycles. The minimum absolute atomic E-state index is 0.298. The van der Waals surface area contributed by atoms with Crippen molar-refractivity contribution in [1.29, 1.82) is 0 Å². The molecule has 3 N–H and O–H groups in total. The Morgan fingerprint density at radius 3 is 2.41 bits per heavy atom. The van der Waals surface area contributed by atoms with Crippen molar-refractivity contribution in [3.63, 3.8) is 0 Å². The smallest absolute Gasteiger partial charge is 0.251 e. The molecule has 198 valence electrons. The monoisotopic (exact) mass is 523 g/mol. The van der Waals surface area contributed by atoms with E-state index in [1.807, 2.05) is 60.7 Å². The first-order valence-electron chi connectivity index (χ1n) is 12.3. The fourth-order valence-electron chi connectivity index (χ4n) is 3.68. The lowest BCUT2D eigenvalue weighted by Crippen LogP contribution is -2.27. The fourth-order valence-corrected chi connectivity index (χ4v) is 3.68. The first-order chi connectivity index (χ1) is 19.0.